The van der Waals surface area contributed by atoms with Gasteiger partial charge >= 0.3 is 0 Å². The van der Waals surface area contributed by atoms with Gasteiger partial charge in [-0.25, -0.2) is 0 Å². The van der Waals surface area contributed by atoms with Gasteiger partial charge in [0.2, 0.25) is 24.6 Å². The first-order chi connectivity index (χ1) is 16.3. The Kier molecular flexibility index (Phi) is 8.73. The van der Waals surface area contributed by atoms with Crippen LogP contribution in [-0.4, -0.2) is 67.3 Å². The molecule has 1 aliphatic carbocycles. The minimum Gasteiger partial charge on any atom is -0.454 e. The van der Waals surface area contributed by atoms with E-state index in [2.05, 4.69) is 30.9 Å². The monoisotopic (exact) mass is 459 g/mol. The van der Waals surface area contributed by atoms with Gasteiger partial charge in [-0.1, -0.05) is 25.0 Å². The van der Waals surface area contributed by atoms with Crippen LogP contribution in [0.5, 0.6) is 11.5 Å². The lowest BCUT2D eigenvalue weighted by atomic mass is 10.2. The molecule has 5 N–H and O–H groups in total. The maximum Gasteiger partial charge on any atom is 0.231 e. The molecule has 1 aromatic heterocycles. The molecule has 11 heteroatoms. The van der Waals surface area contributed by atoms with Crippen molar-refractivity contribution in [3.63, 3.8) is 0 Å². The first-order valence-corrected chi connectivity index (χ1v) is 11.6. The number of rotatable bonds is 14. The molecule has 0 radical (unpaired) electrons. The average Bonchev–Trinajstić information content (AvgIpc) is 3.51. The number of benzene rings is 1. The number of ether oxygens (including phenoxy) is 4. The third kappa shape index (κ3) is 7.04. The summed E-state index contributed by atoms with van der Waals surface area (Å²) in [6.45, 7) is 3.94. The van der Waals surface area contributed by atoms with Crippen molar-refractivity contribution in [3.05, 3.63) is 23.8 Å². The van der Waals surface area contributed by atoms with Crippen LogP contribution in [0.2, 0.25) is 0 Å². The number of hydrogen-bond donors (Lipinski definition) is 4. The summed E-state index contributed by atoms with van der Waals surface area (Å²) < 4.78 is 21.9. The summed E-state index contributed by atoms with van der Waals surface area (Å²) in [5.41, 5.74) is 6.37. The lowest BCUT2D eigenvalue weighted by Gasteiger charge is -2.15. The molecular formula is C22H33N7O4. The molecule has 1 fully saturated rings. The van der Waals surface area contributed by atoms with E-state index in [1.165, 1.54) is 12.8 Å². The number of hydrogen-bond acceptors (Lipinski definition) is 11. The molecule has 1 saturated carbocycles. The van der Waals surface area contributed by atoms with E-state index in [-0.39, 0.29) is 6.79 Å². The summed E-state index contributed by atoms with van der Waals surface area (Å²) in [5, 5.41) is 9.96. The number of nitrogens with two attached hydrogens (primary N) is 1. The Morgan fingerprint density at radius 3 is 2.48 bits per heavy atom. The molecular weight excluding hydrogens is 426 g/mol. The van der Waals surface area contributed by atoms with Gasteiger partial charge in [0.25, 0.3) is 0 Å². The highest BCUT2D eigenvalue weighted by molar-refractivity contribution is 5.50. The van der Waals surface area contributed by atoms with Gasteiger partial charge in [0.1, 0.15) is 0 Å². The maximum atomic E-state index is 5.59. The van der Waals surface area contributed by atoms with Crippen molar-refractivity contribution in [2.24, 2.45) is 5.73 Å². The second kappa shape index (κ2) is 12.4. The molecule has 0 bridgehead atoms. The molecule has 0 spiro atoms. The quantitative estimate of drug-likeness (QED) is 0.308. The summed E-state index contributed by atoms with van der Waals surface area (Å²) in [7, 11) is 0. The summed E-state index contributed by atoms with van der Waals surface area (Å²) in [5.74, 6) is 3.06. The first-order valence-electron chi connectivity index (χ1n) is 11.6. The average molecular weight is 460 g/mol. The highest BCUT2D eigenvalue weighted by Gasteiger charge is 2.19. The van der Waals surface area contributed by atoms with Crippen molar-refractivity contribution in [2.75, 3.05) is 62.3 Å². The van der Waals surface area contributed by atoms with E-state index in [0.717, 1.165) is 29.9 Å². The lowest BCUT2D eigenvalue weighted by molar-refractivity contribution is 0.0547. The number of aromatic nitrogens is 3. The van der Waals surface area contributed by atoms with Gasteiger partial charge in [0.15, 0.2) is 11.5 Å². The van der Waals surface area contributed by atoms with Crippen LogP contribution < -0.4 is 31.2 Å². The van der Waals surface area contributed by atoms with Gasteiger partial charge in [-0.3, -0.25) is 0 Å². The van der Waals surface area contributed by atoms with E-state index in [0.29, 0.717) is 69.9 Å². The van der Waals surface area contributed by atoms with Crippen LogP contribution in [0.15, 0.2) is 18.2 Å². The zero-order valence-corrected chi connectivity index (χ0v) is 18.8. The van der Waals surface area contributed by atoms with Crippen molar-refractivity contribution in [2.45, 2.75) is 38.3 Å². The normalized spacial score (nSPS) is 15.1. The SMILES string of the molecule is NCCOCCOCCNc1nc(NCc2cccc3c2OCO3)nc(NC2CCCC2)n1. The predicted octanol–water partition coefficient (Wildman–Crippen LogP) is 1.97. The second-order valence-electron chi connectivity index (χ2n) is 7.88. The van der Waals surface area contributed by atoms with E-state index in [4.69, 9.17) is 24.7 Å². The number of nitrogens with one attached hydrogen (secondary N) is 3. The molecule has 0 amide bonds. The zero-order chi connectivity index (χ0) is 22.7. The molecule has 2 aromatic rings. The van der Waals surface area contributed by atoms with Crippen molar-refractivity contribution in [1.82, 2.24) is 15.0 Å². The Balaban J connectivity index is 1.34. The highest BCUT2D eigenvalue weighted by Crippen LogP contribution is 2.35. The van der Waals surface area contributed by atoms with E-state index >= 15 is 0 Å². The molecule has 1 aromatic carbocycles. The highest BCUT2D eigenvalue weighted by atomic mass is 16.7. The fraction of sp³-hybridized carbons (Fsp3) is 0.591. The summed E-state index contributed by atoms with van der Waals surface area (Å²) in [4.78, 5) is 13.6. The van der Waals surface area contributed by atoms with Crippen LogP contribution in [-0.2, 0) is 16.0 Å². The Morgan fingerprint density at radius 1 is 0.909 bits per heavy atom. The number of anilines is 3. The van der Waals surface area contributed by atoms with Crippen LogP contribution in [0, 0.1) is 0 Å². The van der Waals surface area contributed by atoms with Crippen molar-refractivity contribution in [3.8, 4) is 11.5 Å². The standard InChI is InChI=1S/C22H33N7O4/c23-8-10-30-12-13-31-11-9-24-20-27-21(29-22(28-20)26-17-5-1-2-6-17)25-14-16-4-3-7-18-19(16)33-15-32-18/h3-4,7,17H,1-2,5-6,8-15,23H2,(H3,24,25,26,27,28,29). The van der Waals surface area contributed by atoms with E-state index < -0.39 is 0 Å². The van der Waals surface area contributed by atoms with Crippen LogP contribution in [0.25, 0.3) is 0 Å². The topological polar surface area (TPSA) is 138 Å². The molecule has 2 heterocycles. The molecule has 0 unspecified atom stereocenters. The van der Waals surface area contributed by atoms with Crippen molar-refractivity contribution < 1.29 is 18.9 Å². The molecule has 0 atom stereocenters. The Morgan fingerprint density at radius 2 is 1.67 bits per heavy atom. The predicted molar refractivity (Wildman–Crippen MR) is 125 cm³/mol. The molecule has 2 aliphatic rings. The molecule has 0 saturated heterocycles. The van der Waals surface area contributed by atoms with Crippen LogP contribution in [0.3, 0.4) is 0 Å². The Bertz CT molecular complexity index is 880. The number of nitrogens with zero attached hydrogens (tertiary/aromatic N) is 3. The fourth-order valence-corrected chi connectivity index (χ4v) is 3.80. The number of para-hydroxylation sites is 1. The minimum absolute atomic E-state index is 0.239. The smallest absolute Gasteiger partial charge is 0.231 e. The number of fused-ring (bicyclic) bond motifs is 1. The molecule has 11 nitrogen and oxygen atoms in total. The fourth-order valence-electron chi connectivity index (χ4n) is 3.80. The Labute approximate surface area is 193 Å². The largest absolute Gasteiger partial charge is 0.454 e. The lowest BCUT2D eigenvalue weighted by Crippen LogP contribution is -2.20. The summed E-state index contributed by atoms with van der Waals surface area (Å²) in [6, 6.07) is 6.23. The first kappa shape index (κ1) is 23.3. The van der Waals surface area contributed by atoms with Crippen LogP contribution in [0.1, 0.15) is 31.2 Å². The third-order valence-electron chi connectivity index (χ3n) is 5.40. The molecule has 1 aliphatic heterocycles. The van der Waals surface area contributed by atoms with Gasteiger partial charge in [0, 0.05) is 31.2 Å². The Hall–Kier alpha value is -2.89. The van der Waals surface area contributed by atoms with Gasteiger partial charge in [-0.05, 0) is 18.9 Å². The van der Waals surface area contributed by atoms with Crippen molar-refractivity contribution >= 4 is 17.8 Å². The van der Waals surface area contributed by atoms with Gasteiger partial charge < -0.3 is 40.6 Å². The summed E-state index contributed by atoms with van der Waals surface area (Å²) in [6.07, 6.45) is 4.72. The van der Waals surface area contributed by atoms with Gasteiger partial charge in [-0.15, -0.1) is 0 Å². The molecule has 33 heavy (non-hydrogen) atoms. The maximum absolute atomic E-state index is 5.59. The van der Waals surface area contributed by atoms with E-state index in [1.54, 1.807) is 0 Å². The third-order valence-corrected chi connectivity index (χ3v) is 5.40. The summed E-state index contributed by atoms with van der Waals surface area (Å²) >= 11 is 0. The van der Waals surface area contributed by atoms with Crippen molar-refractivity contribution in [1.29, 1.82) is 0 Å². The van der Waals surface area contributed by atoms with Gasteiger partial charge in [-0.2, -0.15) is 15.0 Å². The minimum atomic E-state index is 0.239. The second-order valence-corrected chi connectivity index (χ2v) is 7.88. The van der Waals surface area contributed by atoms with Crippen LogP contribution >= 0.6 is 0 Å². The molecule has 180 valence electrons. The van der Waals surface area contributed by atoms with Crippen LogP contribution in [0.4, 0.5) is 17.8 Å². The van der Waals surface area contributed by atoms with Gasteiger partial charge in [0.05, 0.1) is 26.4 Å². The zero-order valence-electron chi connectivity index (χ0n) is 18.8. The van der Waals surface area contributed by atoms with E-state index in [9.17, 15) is 0 Å². The molecule has 4 rings (SSSR count). The van der Waals surface area contributed by atoms with E-state index in [1.807, 2.05) is 18.2 Å².